The Balaban J connectivity index is 1.77. The van der Waals surface area contributed by atoms with Gasteiger partial charge in [0.2, 0.25) is 0 Å². The molecule has 1 saturated heterocycles. The number of ether oxygens (including phenoxy) is 1. The highest BCUT2D eigenvalue weighted by molar-refractivity contribution is 9.10. The molecule has 0 aromatic heterocycles. The molecular formula is C20H16BrN3O5. The van der Waals surface area contributed by atoms with Gasteiger partial charge in [-0.25, -0.2) is 4.79 Å². The molecule has 0 atom stereocenters. The van der Waals surface area contributed by atoms with Gasteiger partial charge in [-0.3, -0.25) is 25.0 Å². The highest BCUT2D eigenvalue weighted by atomic mass is 79.9. The minimum absolute atomic E-state index is 0.253. The number of halogens is 1. The molecule has 1 aliphatic heterocycles. The maximum Gasteiger partial charge on any atom is 0.328 e. The van der Waals surface area contributed by atoms with Crippen LogP contribution in [0.2, 0.25) is 0 Å². The maximum atomic E-state index is 12.2. The largest absolute Gasteiger partial charge is 0.483 e. The zero-order valence-corrected chi connectivity index (χ0v) is 16.8. The van der Waals surface area contributed by atoms with Gasteiger partial charge in [0.05, 0.1) is 0 Å². The fourth-order valence-electron chi connectivity index (χ4n) is 2.57. The van der Waals surface area contributed by atoms with Crippen LogP contribution in [-0.4, -0.2) is 30.4 Å². The number of nitrogens with one attached hydrogen (secondary N) is 3. The van der Waals surface area contributed by atoms with Gasteiger partial charge in [0.25, 0.3) is 17.7 Å². The van der Waals surface area contributed by atoms with E-state index in [0.29, 0.717) is 15.7 Å². The summed E-state index contributed by atoms with van der Waals surface area (Å²) < 4.78 is 6.27. The number of hydrogen-bond donors (Lipinski definition) is 3. The normalized spacial score (nSPS) is 13.4. The summed E-state index contributed by atoms with van der Waals surface area (Å²) in [6, 6.07) is 11.4. The van der Waals surface area contributed by atoms with Gasteiger partial charge in [0, 0.05) is 15.7 Å². The Bertz CT molecular complexity index is 1030. The molecule has 3 N–H and O–H groups in total. The summed E-state index contributed by atoms with van der Waals surface area (Å²) >= 11 is 3.31. The van der Waals surface area contributed by atoms with Crippen molar-refractivity contribution in [1.82, 2.24) is 10.6 Å². The summed E-state index contributed by atoms with van der Waals surface area (Å²) in [6.45, 7) is 1.60. The van der Waals surface area contributed by atoms with Gasteiger partial charge >= 0.3 is 6.03 Å². The topological polar surface area (TPSA) is 114 Å². The van der Waals surface area contributed by atoms with Gasteiger partial charge < -0.3 is 10.1 Å². The summed E-state index contributed by atoms with van der Waals surface area (Å²) in [5, 5.41) is 6.76. The summed E-state index contributed by atoms with van der Waals surface area (Å²) in [5.74, 6) is -1.71. The number of para-hydroxylation sites is 1. The van der Waals surface area contributed by atoms with Gasteiger partial charge in [-0.2, -0.15) is 0 Å². The van der Waals surface area contributed by atoms with Crippen LogP contribution in [0.5, 0.6) is 5.75 Å². The van der Waals surface area contributed by atoms with Crippen molar-refractivity contribution in [3.8, 4) is 5.75 Å². The zero-order chi connectivity index (χ0) is 21.0. The highest BCUT2D eigenvalue weighted by Crippen LogP contribution is 2.26. The Labute approximate surface area is 174 Å². The van der Waals surface area contributed by atoms with Crippen molar-refractivity contribution >= 4 is 51.4 Å². The smallest absolute Gasteiger partial charge is 0.328 e. The quantitative estimate of drug-likeness (QED) is 0.471. The molecule has 2 aromatic rings. The number of rotatable bonds is 5. The van der Waals surface area contributed by atoms with Gasteiger partial charge in [-0.15, -0.1) is 0 Å². The van der Waals surface area contributed by atoms with E-state index in [4.69, 9.17) is 4.74 Å². The van der Waals surface area contributed by atoms with Crippen molar-refractivity contribution in [3.63, 3.8) is 0 Å². The Hall–Kier alpha value is -3.46. The lowest BCUT2D eigenvalue weighted by Crippen LogP contribution is -2.51. The minimum Gasteiger partial charge on any atom is -0.483 e. The number of urea groups is 1. The number of carbonyl (C=O) groups is 4. The van der Waals surface area contributed by atoms with E-state index in [2.05, 4.69) is 21.2 Å². The molecule has 3 rings (SSSR count). The van der Waals surface area contributed by atoms with Crippen LogP contribution in [0.4, 0.5) is 10.5 Å². The van der Waals surface area contributed by atoms with Gasteiger partial charge in [0.1, 0.15) is 11.3 Å². The lowest BCUT2D eigenvalue weighted by molar-refractivity contribution is -0.124. The first-order valence-electron chi connectivity index (χ1n) is 8.49. The molecular weight excluding hydrogens is 442 g/mol. The molecule has 2 aromatic carbocycles. The van der Waals surface area contributed by atoms with Gasteiger partial charge in [-0.1, -0.05) is 34.1 Å². The number of anilines is 1. The van der Waals surface area contributed by atoms with Crippen LogP contribution in [-0.2, 0) is 14.4 Å². The third kappa shape index (κ3) is 5.08. The number of imide groups is 2. The number of benzene rings is 2. The summed E-state index contributed by atoms with van der Waals surface area (Å²) in [6.07, 6.45) is 1.29. The zero-order valence-electron chi connectivity index (χ0n) is 15.2. The molecule has 1 fully saturated rings. The molecule has 0 aliphatic carbocycles. The fourth-order valence-corrected chi connectivity index (χ4v) is 2.95. The van der Waals surface area contributed by atoms with Crippen molar-refractivity contribution in [3.05, 3.63) is 63.6 Å². The van der Waals surface area contributed by atoms with Crippen LogP contribution in [0.3, 0.4) is 0 Å². The van der Waals surface area contributed by atoms with E-state index >= 15 is 0 Å². The molecule has 0 spiro atoms. The Kier molecular flexibility index (Phi) is 6.08. The molecule has 0 radical (unpaired) electrons. The van der Waals surface area contributed by atoms with Gasteiger partial charge in [-0.05, 0) is 42.8 Å². The van der Waals surface area contributed by atoms with Crippen LogP contribution < -0.4 is 20.7 Å². The molecule has 1 aliphatic rings. The summed E-state index contributed by atoms with van der Waals surface area (Å²) in [7, 11) is 0. The Morgan fingerprint density at radius 1 is 1.10 bits per heavy atom. The van der Waals surface area contributed by atoms with Crippen molar-refractivity contribution < 1.29 is 23.9 Å². The first kappa shape index (κ1) is 20.3. The minimum atomic E-state index is -0.879. The maximum absolute atomic E-state index is 12.2. The van der Waals surface area contributed by atoms with Crippen LogP contribution in [0.1, 0.15) is 11.1 Å². The number of carbonyl (C=O) groups excluding carboxylic acids is 4. The number of barbiturate groups is 1. The monoisotopic (exact) mass is 457 g/mol. The molecule has 1 heterocycles. The second kappa shape index (κ2) is 8.70. The fraction of sp³-hybridized carbons (Fsp3) is 0.100. The third-order valence-electron chi connectivity index (χ3n) is 3.99. The molecule has 29 heavy (non-hydrogen) atoms. The number of aryl methyl sites for hydroxylation is 1. The molecule has 5 amide bonds. The average Bonchev–Trinajstić information content (AvgIpc) is 2.66. The van der Waals surface area contributed by atoms with Crippen LogP contribution in [0, 0.1) is 6.92 Å². The summed E-state index contributed by atoms with van der Waals surface area (Å²) in [4.78, 5) is 47.3. The first-order valence-corrected chi connectivity index (χ1v) is 9.29. The molecule has 8 nitrogen and oxygen atoms in total. The summed E-state index contributed by atoms with van der Waals surface area (Å²) in [5.41, 5.74) is 1.73. The average molecular weight is 458 g/mol. The highest BCUT2D eigenvalue weighted by Gasteiger charge is 2.28. The number of amides is 5. The van der Waals surface area contributed by atoms with Crippen molar-refractivity contribution in [2.24, 2.45) is 0 Å². The molecule has 0 bridgehead atoms. The Morgan fingerprint density at radius 2 is 1.79 bits per heavy atom. The van der Waals surface area contributed by atoms with Crippen LogP contribution in [0.15, 0.2) is 52.5 Å². The lowest BCUT2D eigenvalue weighted by Gasteiger charge is -2.15. The molecule has 0 saturated carbocycles. The molecule has 9 heteroatoms. The van der Waals surface area contributed by atoms with Crippen molar-refractivity contribution in [2.45, 2.75) is 6.92 Å². The first-order chi connectivity index (χ1) is 13.8. The Morgan fingerprint density at radius 3 is 2.48 bits per heavy atom. The third-order valence-corrected chi connectivity index (χ3v) is 4.49. The van der Waals surface area contributed by atoms with Crippen molar-refractivity contribution in [1.29, 1.82) is 0 Å². The second-order valence-electron chi connectivity index (χ2n) is 6.13. The van der Waals surface area contributed by atoms with E-state index in [1.807, 2.05) is 35.8 Å². The predicted molar refractivity (Wildman–Crippen MR) is 109 cm³/mol. The van der Waals surface area contributed by atoms with Crippen LogP contribution in [0.25, 0.3) is 6.08 Å². The van der Waals surface area contributed by atoms with E-state index in [-0.39, 0.29) is 23.8 Å². The number of hydrogen-bond acceptors (Lipinski definition) is 5. The van der Waals surface area contributed by atoms with E-state index < -0.39 is 17.8 Å². The SMILES string of the molecule is Cc1ccccc1NC(=O)COc1ccc(Br)cc1C=C1C(=O)NC(=O)NC1=O. The second-order valence-corrected chi connectivity index (χ2v) is 7.04. The van der Waals surface area contributed by atoms with E-state index in [9.17, 15) is 19.2 Å². The van der Waals surface area contributed by atoms with E-state index in [1.165, 1.54) is 6.08 Å². The standard InChI is InChI=1S/C20H16BrN3O5/c1-11-4-2-3-5-15(11)22-17(25)10-29-16-7-6-13(21)8-12(16)9-14-18(26)23-20(28)24-19(14)27/h2-9H,10H2,1H3,(H,22,25)(H2,23,24,26,27,28). The lowest BCUT2D eigenvalue weighted by atomic mass is 10.1. The van der Waals surface area contributed by atoms with Crippen LogP contribution >= 0.6 is 15.9 Å². The van der Waals surface area contributed by atoms with E-state index in [0.717, 1.165) is 5.56 Å². The van der Waals surface area contributed by atoms with Crippen molar-refractivity contribution in [2.75, 3.05) is 11.9 Å². The van der Waals surface area contributed by atoms with Gasteiger partial charge in [0.15, 0.2) is 6.61 Å². The molecule has 0 unspecified atom stereocenters. The van der Waals surface area contributed by atoms with E-state index in [1.54, 1.807) is 24.3 Å². The predicted octanol–water partition coefficient (Wildman–Crippen LogP) is 2.52. The molecule has 148 valence electrons.